The van der Waals surface area contributed by atoms with Crippen molar-refractivity contribution in [1.82, 2.24) is 4.90 Å². The Morgan fingerprint density at radius 2 is 2.33 bits per heavy atom. The van der Waals surface area contributed by atoms with Crippen molar-refractivity contribution in [3.8, 4) is 0 Å². The maximum absolute atomic E-state index is 4.46. The largest absolute Gasteiger partial charge is 0.306 e. The van der Waals surface area contributed by atoms with Gasteiger partial charge in [0.05, 0.1) is 0 Å². The molecule has 1 rings (SSSR count). The van der Waals surface area contributed by atoms with Gasteiger partial charge in [0.1, 0.15) is 0 Å². The van der Waals surface area contributed by atoms with E-state index in [1.165, 1.54) is 19.4 Å². The van der Waals surface area contributed by atoms with E-state index in [0.717, 1.165) is 16.7 Å². The summed E-state index contributed by atoms with van der Waals surface area (Å²) in [6, 6.07) is 0. The molecule has 1 heterocycles. The first kappa shape index (κ1) is 12.7. The molecule has 1 unspecified atom stereocenters. The van der Waals surface area contributed by atoms with Crippen LogP contribution < -0.4 is 0 Å². The van der Waals surface area contributed by atoms with Crippen LogP contribution in [0.2, 0.25) is 0 Å². The van der Waals surface area contributed by atoms with Gasteiger partial charge in [-0.2, -0.15) is 0 Å². The Balaban J connectivity index is 2.69. The summed E-state index contributed by atoms with van der Waals surface area (Å²) < 4.78 is 1.05. The summed E-state index contributed by atoms with van der Waals surface area (Å²) in [5, 5.41) is 0. The Bertz CT molecular complexity index is 277. The van der Waals surface area contributed by atoms with Gasteiger partial charge in [-0.05, 0) is 39.4 Å². The van der Waals surface area contributed by atoms with E-state index in [4.69, 9.17) is 0 Å². The SMILES string of the molecule is C=CC(=N/C=C(\C)Br)C1CCCN(C)C1. The molecule has 0 N–H and O–H groups in total. The summed E-state index contributed by atoms with van der Waals surface area (Å²) >= 11 is 3.38. The molecule has 1 atom stereocenters. The third-order valence-electron chi connectivity index (χ3n) is 2.64. The number of piperidine rings is 1. The first-order chi connectivity index (χ1) is 7.13. The van der Waals surface area contributed by atoms with Crippen molar-refractivity contribution in [3.05, 3.63) is 23.3 Å². The molecule has 0 aromatic carbocycles. The highest BCUT2D eigenvalue weighted by Crippen LogP contribution is 2.18. The number of likely N-dealkylation sites (tertiary alicyclic amines) is 1. The van der Waals surface area contributed by atoms with Crippen LogP contribution in [0.5, 0.6) is 0 Å². The molecule has 0 aliphatic carbocycles. The van der Waals surface area contributed by atoms with Crippen molar-refractivity contribution in [2.24, 2.45) is 10.9 Å². The first-order valence-corrected chi connectivity index (χ1v) is 6.13. The Labute approximate surface area is 101 Å². The van der Waals surface area contributed by atoms with Gasteiger partial charge in [0.25, 0.3) is 0 Å². The Hall–Kier alpha value is -0.410. The highest BCUT2D eigenvalue weighted by molar-refractivity contribution is 9.11. The summed E-state index contributed by atoms with van der Waals surface area (Å²) in [7, 11) is 2.17. The lowest BCUT2D eigenvalue weighted by Gasteiger charge is -2.29. The Morgan fingerprint density at radius 3 is 2.87 bits per heavy atom. The molecule has 2 nitrogen and oxygen atoms in total. The topological polar surface area (TPSA) is 15.6 Å². The highest BCUT2D eigenvalue weighted by atomic mass is 79.9. The quantitative estimate of drug-likeness (QED) is 0.720. The van der Waals surface area contributed by atoms with Crippen LogP contribution in [-0.2, 0) is 0 Å². The molecule has 84 valence electrons. The predicted octanol–water partition coefficient (Wildman–Crippen LogP) is 3.21. The highest BCUT2D eigenvalue weighted by Gasteiger charge is 2.19. The zero-order valence-electron chi connectivity index (χ0n) is 9.54. The zero-order chi connectivity index (χ0) is 11.3. The van der Waals surface area contributed by atoms with Crippen LogP contribution >= 0.6 is 15.9 Å². The van der Waals surface area contributed by atoms with E-state index in [2.05, 4.69) is 39.4 Å². The van der Waals surface area contributed by atoms with Crippen LogP contribution in [-0.4, -0.2) is 30.7 Å². The summed E-state index contributed by atoms with van der Waals surface area (Å²) in [6.45, 7) is 8.13. The second-order valence-electron chi connectivity index (χ2n) is 4.08. The van der Waals surface area contributed by atoms with Gasteiger partial charge in [0.2, 0.25) is 0 Å². The number of allylic oxidation sites excluding steroid dienone is 2. The molecule has 0 spiro atoms. The number of rotatable bonds is 3. The molecule has 1 aliphatic heterocycles. The van der Waals surface area contributed by atoms with Crippen LogP contribution in [0.25, 0.3) is 0 Å². The minimum absolute atomic E-state index is 0.546. The molecule has 0 bridgehead atoms. The molecule has 0 saturated carbocycles. The smallest absolute Gasteiger partial charge is 0.0441 e. The van der Waals surface area contributed by atoms with Crippen LogP contribution in [0.1, 0.15) is 19.8 Å². The Morgan fingerprint density at radius 1 is 1.60 bits per heavy atom. The fourth-order valence-corrected chi connectivity index (χ4v) is 2.00. The summed E-state index contributed by atoms with van der Waals surface area (Å²) in [4.78, 5) is 6.82. The summed E-state index contributed by atoms with van der Waals surface area (Å²) in [5.41, 5.74) is 1.11. The lowest BCUT2D eigenvalue weighted by atomic mass is 9.93. The van der Waals surface area contributed by atoms with Gasteiger partial charge in [-0.3, -0.25) is 4.99 Å². The van der Waals surface area contributed by atoms with Gasteiger partial charge in [-0.15, -0.1) is 0 Å². The third-order valence-corrected chi connectivity index (χ3v) is 2.85. The van der Waals surface area contributed by atoms with Crippen molar-refractivity contribution in [2.45, 2.75) is 19.8 Å². The normalized spacial score (nSPS) is 25.4. The van der Waals surface area contributed by atoms with E-state index in [1.54, 1.807) is 0 Å². The van der Waals surface area contributed by atoms with E-state index < -0.39 is 0 Å². The average molecular weight is 271 g/mol. The van der Waals surface area contributed by atoms with Gasteiger partial charge in [-0.1, -0.05) is 22.5 Å². The molecule has 0 radical (unpaired) electrons. The van der Waals surface area contributed by atoms with Crippen LogP contribution in [0, 0.1) is 5.92 Å². The van der Waals surface area contributed by atoms with Crippen molar-refractivity contribution in [2.75, 3.05) is 20.1 Å². The van der Waals surface area contributed by atoms with Gasteiger partial charge >= 0.3 is 0 Å². The van der Waals surface area contributed by atoms with Gasteiger partial charge in [0.15, 0.2) is 0 Å². The van der Waals surface area contributed by atoms with E-state index in [0.29, 0.717) is 5.92 Å². The minimum atomic E-state index is 0.546. The van der Waals surface area contributed by atoms with Gasteiger partial charge in [-0.25, -0.2) is 0 Å². The number of aliphatic imine (C=N–C) groups is 1. The van der Waals surface area contributed by atoms with Crippen molar-refractivity contribution < 1.29 is 0 Å². The average Bonchev–Trinajstić information content (AvgIpc) is 2.18. The first-order valence-electron chi connectivity index (χ1n) is 5.34. The fraction of sp³-hybridized carbons (Fsp3) is 0.583. The number of hydrogen-bond acceptors (Lipinski definition) is 2. The molecular formula is C12H19BrN2. The van der Waals surface area contributed by atoms with Crippen molar-refractivity contribution in [1.29, 1.82) is 0 Å². The molecule has 3 heteroatoms. The number of halogens is 1. The Kier molecular flexibility index (Phi) is 5.26. The molecule has 0 aromatic rings. The lowest BCUT2D eigenvalue weighted by molar-refractivity contribution is 0.247. The van der Waals surface area contributed by atoms with Gasteiger partial charge < -0.3 is 4.90 Å². The molecule has 1 fully saturated rings. The maximum atomic E-state index is 4.46. The molecular weight excluding hydrogens is 252 g/mol. The second kappa shape index (κ2) is 6.23. The maximum Gasteiger partial charge on any atom is 0.0441 e. The third kappa shape index (κ3) is 4.31. The van der Waals surface area contributed by atoms with Crippen molar-refractivity contribution >= 4 is 21.6 Å². The van der Waals surface area contributed by atoms with E-state index in [-0.39, 0.29) is 0 Å². The van der Waals surface area contributed by atoms with Gasteiger partial charge in [0, 0.05) is 28.9 Å². The minimum Gasteiger partial charge on any atom is -0.306 e. The van der Waals surface area contributed by atoms with Crippen LogP contribution in [0.3, 0.4) is 0 Å². The number of hydrogen-bond donors (Lipinski definition) is 0. The molecule has 0 aromatic heterocycles. The summed E-state index contributed by atoms with van der Waals surface area (Å²) in [6.07, 6.45) is 6.22. The van der Waals surface area contributed by atoms with Crippen molar-refractivity contribution in [3.63, 3.8) is 0 Å². The molecule has 1 saturated heterocycles. The monoisotopic (exact) mass is 270 g/mol. The molecule has 1 aliphatic rings. The number of nitrogens with zero attached hydrogens (tertiary/aromatic N) is 2. The van der Waals surface area contributed by atoms with E-state index in [1.807, 2.05) is 19.2 Å². The lowest BCUT2D eigenvalue weighted by Crippen LogP contribution is -2.35. The van der Waals surface area contributed by atoms with Crippen LogP contribution in [0.15, 0.2) is 28.3 Å². The fourth-order valence-electron chi connectivity index (χ4n) is 1.90. The predicted molar refractivity (Wildman–Crippen MR) is 70.5 cm³/mol. The second-order valence-corrected chi connectivity index (χ2v) is 5.33. The molecule has 0 amide bonds. The van der Waals surface area contributed by atoms with E-state index in [9.17, 15) is 0 Å². The summed E-state index contributed by atoms with van der Waals surface area (Å²) in [5.74, 6) is 0.546. The zero-order valence-corrected chi connectivity index (χ0v) is 11.1. The van der Waals surface area contributed by atoms with E-state index >= 15 is 0 Å². The van der Waals surface area contributed by atoms with Crippen LogP contribution in [0.4, 0.5) is 0 Å². The molecule has 15 heavy (non-hydrogen) atoms. The standard InChI is InChI=1S/C12H19BrN2/c1-4-12(14-8-10(2)13)11-6-5-7-15(3)9-11/h4,8,11H,1,5-7,9H2,2-3H3/b10-8+,14-12?.